The molecule has 5 amide bonds. The predicted molar refractivity (Wildman–Crippen MR) is 173 cm³/mol. The molecule has 3 atom stereocenters. The molecule has 0 unspecified atom stereocenters. The highest BCUT2D eigenvalue weighted by molar-refractivity contribution is 8.14. The molecule has 0 saturated carbocycles. The number of unbranched alkanes of at least 4 members (excludes halogenated alkanes) is 1. The smallest absolute Gasteiger partial charge is 0.261 e. The Morgan fingerprint density at radius 1 is 0.867 bits per heavy atom. The molecule has 0 aliphatic carbocycles. The number of nitrogens with one attached hydrogen (secondary N) is 3. The number of benzene rings is 1. The number of pyridine rings is 1. The van der Waals surface area contributed by atoms with Crippen molar-refractivity contribution in [2.75, 3.05) is 11.9 Å². The van der Waals surface area contributed by atoms with Crippen molar-refractivity contribution in [2.24, 2.45) is 11.3 Å². The van der Waals surface area contributed by atoms with E-state index in [1.54, 1.807) is 48.7 Å². The molecule has 1 aliphatic heterocycles. The van der Waals surface area contributed by atoms with Crippen LogP contribution in [0.2, 0.25) is 0 Å². The summed E-state index contributed by atoms with van der Waals surface area (Å²) in [6.45, 7) is 10.9. The van der Waals surface area contributed by atoms with Gasteiger partial charge in [0.25, 0.3) is 11.8 Å². The van der Waals surface area contributed by atoms with Gasteiger partial charge in [0, 0.05) is 19.7 Å². The normalized spacial score (nSPS) is 14.9. The van der Waals surface area contributed by atoms with Gasteiger partial charge in [0.1, 0.15) is 17.9 Å². The third kappa shape index (κ3) is 9.97. The number of amides is 5. The first-order chi connectivity index (χ1) is 21.2. The minimum Gasteiger partial charge on any atom is -0.343 e. The summed E-state index contributed by atoms with van der Waals surface area (Å²) in [7, 11) is 0. The van der Waals surface area contributed by atoms with Crippen LogP contribution in [0.3, 0.4) is 0 Å². The monoisotopic (exact) mass is 637 g/mol. The summed E-state index contributed by atoms with van der Waals surface area (Å²) in [5.74, 6) is -1.71. The van der Waals surface area contributed by atoms with Crippen LogP contribution in [0.4, 0.5) is 5.82 Å². The molecule has 3 N–H and O–H groups in total. The van der Waals surface area contributed by atoms with E-state index < -0.39 is 40.5 Å². The Kier molecular flexibility index (Phi) is 12.4. The number of aromatic nitrogens is 1. The second-order valence-electron chi connectivity index (χ2n) is 12.6. The summed E-state index contributed by atoms with van der Waals surface area (Å²) >= 11 is 0.877. The molecule has 242 valence electrons. The predicted octanol–water partition coefficient (Wildman–Crippen LogP) is 4.20. The summed E-state index contributed by atoms with van der Waals surface area (Å²) < 4.78 is 0. The number of hydrogen-bond donors (Lipinski definition) is 3. The number of rotatable bonds is 14. The van der Waals surface area contributed by atoms with Gasteiger partial charge >= 0.3 is 0 Å². The first-order valence-electron chi connectivity index (χ1n) is 15.1. The van der Waals surface area contributed by atoms with E-state index in [1.807, 2.05) is 34.6 Å². The van der Waals surface area contributed by atoms with Crippen molar-refractivity contribution in [3.05, 3.63) is 59.8 Å². The fourth-order valence-electron chi connectivity index (χ4n) is 5.01. The summed E-state index contributed by atoms with van der Waals surface area (Å²) in [5.41, 5.74) is 0.0986. The molecule has 1 aromatic heterocycles. The minimum absolute atomic E-state index is 0.0371. The van der Waals surface area contributed by atoms with Crippen LogP contribution in [0.1, 0.15) is 87.9 Å². The van der Waals surface area contributed by atoms with Crippen LogP contribution in [-0.2, 0) is 19.2 Å². The molecule has 2 aromatic rings. The van der Waals surface area contributed by atoms with Crippen LogP contribution < -0.4 is 16.0 Å². The van der Waals surface area contributed by atoms with Crippen LogP contribution in [0.25, 0.3) is 0 Å². The first-order valence-corrected chi connectivity index (χ1v) is 16.0. The Morgan fingerprint density at radius 3 is 2.02 bits per heavy atom. The van der Waals surface area contributed by atoms with Crippen LogP contribution in [0, 0.1) is 11.3 Å². The maximum Gasteiger partial charge on any atom is 0.261 e. The highest BCUT2D eigenvalue weighted by atomic mass is 32.2. The van der Waals surface area contributed by atoms with Gasteiger partial charge in [-0.2, -0.15) is 0 Å². The van der Waals surface area contributed by atoms with Crippen molar-refractivity contribution >= 4 is 52.2 Å². The van der Waals surface area contributed by atoms with Crippen molar-refractivity contribution in [2.45, 2.75) is 84.6 Å². The third-order valence-corrected chi connectivity index (χ3v) is 8.31. The van der Waals surface area contributed by atoms with E-state index in [0.717, 1.165) is 11.8 Å². The van der Waals surface area contributed by atoms with Gasteiger partial charge in [-0.25, -0.2) is 4.98 Å². The van der Waals surface area contributed by atoms with Gasteiger partial charge in [0.2, 0.25) is 17.7 Å². The molecule has 45 heavy (non-hydrogen) atoms. The van der Waals surface area contributed by atoms with Gasteiger partial charge in [-0.3, -0.25) is 33.7 Å². The largest absolute Gasteiger partial charge is 0.343 e. The van der Waals surface area contributed by atoms with Crippen molar-refractivity contribution in [1.29, 1.82) is 0 Å². The Bertz CT molecular complexity index is 1370. The van der Waals surface area contributed by atoms with Crippen LogP contribution in [-0.4, -0.2) is 68.4 Å². The lowest BCUT2D eigenvalue weighted by molar-refractivity contribution is -0.132. The van der Waals surface area contributed by atoms with Gasteiger partial charge in [0.05, 0.1) is 16.4 Å². The number of carbonyl (C=O) groups is 6. The molecular formula is C33H43N5O6S. The zero-order valence-corrected chi connectivity index (χ0v) is 27.5. The average Bonchev–Trinajstić information content (AvgIpc) is 3.21. The number of fused-ring (bicyclic) bond motifs is 1. The quantitative estimate of drug-likeness (QED) is 0.206. The minimum atomic E-state index is -0.946. The summed E-state index contributed by atoms with van der Waals surface area (Å²) in [4.78, 5) is 82.9. The Labute approximate surface area is 268 Å². The van der Waals surface area contributed by atoms with E-state index >= 15 is 0 Å². The Hall–Kier alpha value is -4.06. The molecule has 0 saturated heterocycles. The average molecular weight is 638 g/mol. The lowest BCUT2D eigenvalue weighted by atomic mass is 9.85. The highest BCUT2D eigenvalue weighted by Gasteiger charge is 2.37. The van der Waals surface area contributed by atoms with E-state index in [4.69, 9.17) is 0 Å². The zero-order valence-electron chi connectivity index (χ0n) is 26.7. The Morgan fingerprint density at radius 2 is 1.49 bits per heavy atom. The molecule has 0 fully saturated rings. The summed E-state index contributed by atoms with van der Waals surface area (Å²) in [5, 5.41) is 7.36. The lowest BCUT2D eigenvalue weighted by Crippen LogP contribution is -2.57. The van der Waals surface area contributed by atoms with E-state index in [1.165, 1.54) is 11.8 Å². The SMILES string of the molecule is CC(=O)S[C@@H](CCCCN1C(=O)c2ccccc2C1=O)C(=O)N[C@@H](CC(C)C)C(=O)N[C@H](C(=O)Nc1ccccn1)C(C)(C)C. The number of thioether (sulfide) groups is 1. The van der Waals surface area contributed by atoms with Crippen molar-refractivity contribution in [3.63, 3.8) is 0 Å². The lowest BCUT2D eigenvalue weighted by Gasteiger charge is -2.32. The van der Waals surface area contributed by atoms with Crippen LogP contribution >= 0.6 is 11.8 Å². The standard InChI is InChI=1S/C33H43N5O6S/c1-20(2)19-24(28(40)37-27(33(4,5)6)30(42)36-26-16-9-11-17-34-26)35-29(41)25(45-21(3)39)15-10-12-18-38-31(43)22-13-7-8-14-23(22)32(38)44/h7-9,11,13-14,16-17,20,24-25,27H,10,12,15,18-19H2,1-6H3,(H,35,41)(H,37,40)(H,34,36,42)/t24-,25-,27+/m0/s1. The highest BCUT2D eigenvalue weighted by Crippen LogP contribution is 2.25. The van der Waals surface area contributed by atoms with Crippen LogP contribution in [0.15, 0.2) is 48.7 Å². The van der Waals surface area contributed by atoms with E-state index in [-0.39, 0.29) is 29.4 Å². The fourth-order valence-corrected chi connectivity index (χ4v) is 5.87. The van der Waals surface area contributed by atoms with Crippen molar-refractivity contribution < 1.29 is 28.8 Å². The summed E-state index contributed by atoms with van der Waals surface area (Å²) in [6.07, 6.45) is 3.07. The molecule has 12 heteroatoms. The molecule has 2 heterocycles. The van der Waals surface area contributed by atoms with Gasteiger partial charge in [-0.05, 0) is 54.9 Å². The van der Waals surface area contributed by atoms with Crippen molar-refractivity contribution in [3.8, 4) is 0 Å². The fraction of sp³-hybridized carbons (Fsp3) is 0.485. The number of imide groups is 1. The molecule has 3 rings (SSSR count). The van der Waals surface area contributed by atoms with Gasteiger partial charge in [-0.1, -0.05) is 71.0 Å². The molecule has 11 nitrogen and oxygen atoms in total. The second-order valence-corrected chi connectivity index (χ2v) is 14.0. The molecule has 1 aliphatic rings. The van der Waals surface area contributed by atoms with Gasteiger partial charge in [0.15, 0.2) is 5.12 Å². The van der Waals surface area contributed by atoms with Crippen LogP contribution in [0.5, 0.6) is 0 Å². The topological polar surface area (TPSA) is 155 Å². The summed E-state index contributed by atoms with van der Waals surface area (Å²) in [6, 6.07) is 9.91. The zero-order chi connectivity index (χ0) is 33.3. The maximum absolute atomic E-state index is 13.6. The van der Waals surface area contributed by atoms with E-state index in [9.17, 15) is 28.8 Å². The molecule has 1 aromatic carbocycles. The maximum atomic E-state index is 13.6. The van der Waals surface area contributed by atoms with E-state index in [2.05, 4.69) is 20.9 Å². The number of anilines is 1. The van der Waals surface area contributed by atoms with E-state index in [0.29, 0.717) is 42.6 Å². The van der Waals surface area contributed by atoms with Gasteiger partial charge in [-0.15, -0.1) is 0 Å². The Balaban J connectivity index is 1.64. The first kappa shape index (κ1) is 35.4. The van der Waals surface area contributed by atoms with Crippen molar-refractivity contribution in [1.82, 2.24) is 20.5 Å². The number of carbonyl (C=O) groups excluding carboxylic acids is 6. The number of hydrogen-bond acceptors (Lipinski definition) is 8. The number of nitrogens with zero attached hydrogens (tertiary/aromatic N) is 2. The molecule has 0 spiro atoms. The van der Waals surface area contributed by atoms with Gasteiger partial charge < -0.3 is 16.0 Å². The second kappa shape index (κ2) is 15.8. The molecular weight excluding hydrogens is 594 g/mol. The third-order valence-electron chi connectivity index (χ3n) is 7.25. The molecule has 0 radical (unpaired) electrons. The molecule has 0 bridgehead atoms.